The van der Waals surface area contributed by atoms with E-state index in [9.17, 15) is 14.4 Å². The van der Waals surface area contributed by atoms with Crippen LogP contribution in [0.4, 0.5) is 0 Å². The fourth-order valence-electron chi connectivity index (χ4n) is 0.584. The molecule has 6 heteroatoms. The second-order valence-corrected chi connectivity index (χ2v) is 2.29. The number of aldehydes is 1. The van der Waals surface area contributed by atoms with Crippen molar-refractivity contribution in [3.8, 4) is 0 Å². The molecule has 0 spiro atoms. The Morgan fingerprint density at radius 1 is 1.23 bits per heavy atom. The molecule has 0 aliphatic heterocycles. The van der Waals surface area contributed by atoms with Crippen molar-refractivity contribution in [2.75, 3.05) is 19.6 Å². The van der Waals surface area contributed by atoms with Gasteiger partial charge in [0.2, 0.25) is 11.8 Å². The molecule has 0 bridgehead atoms. The van der Waals surface area contributed by atoms with Gasteiger partial charge in [-0.3, -0.25) is 9.59 Å². The summed E-state index contributed by atoms with van der Waals surface area (Å²) in [5.41, 5.74) is 4.99. The van der Waals surface area contributed by atoms with Gasteiger partial charge >= 0.3 is 0 Å². The maximum absolute atomic E-state index is 10.9. The second kappa shape index (κ2) is 7.23. The first-order chi connectivity index (χ1) is 6.20. The Morgan fingerprint density at radius 3 is 2.46 bits per heavy atom. The van der Waals surface area contributed by atoms with Gasteiger partial charge in [-0.15, -0.1) is 0 Å². The van der Waals surface area contributed by atoms with Crippen molar-refractivity contribution < 1.29 is 14.4 Å². The van der Waals surface area contributed by atoms with Crippen LogP contribution in [-0.2, 0) is 14.4 Å². The zero-order valence-corrected chi connectivity index (χ0v) is 7.21. The van der Waals surface area contributed by atoms with Gasteiger partial charge < -0.3 is 21.2 Å². The smallest absolute Gasteiger partial charge is 0.239 e. The molecule has 0 aliphatic rings. The molecule has 0 saturated heterocycles. The molecule has 0 saturated carbocycles. The van der Waals surface area contributed by atoms with E-state index in [-0.39, 0.29) is 31.3 Å². The third-order valence-electron chi connectivity index (χ3n) is 1.22. The van der Waals surface area contributed by atoms with E-state index in [1.165, 1.54) is 0 Å². The van der Waals surface area contributed by atoms with Gasteiger partial charge in [-0.05, 0) is 0 Å². The van der Waals surface area contributed by atoms with E-state index in [1.807, 2.05) is 0 Å². The highest BCUT2D eigenvalue weighted by atomic mass is 16.2. The molecule has 0 rings (SSSR count). The molecule has 0 atom stereocenters. The SMILES string of the molecule is NCC(=O)NCC(=O)NCCC=O. The Bertz CT molecular complexity index is 193. The normalized spacial score (nSPS) is 9.00. The number of carbonyl (C=O) groups is 3. The van der Waals surface area contributed by atoms with Crippen molar-refractivity contribution in [2.24, 2.45) is 5.73 Å². The fourth-order valence-corrected chi connectivity index (χ4v) is 0.584. The third-order valence-corrected chi connectivity index (χ3v) is 1.22. The minimum Gasteiger partial charge on any atom is -0.354 e. The maximum atomic E-state index is 10.9. The lowest BCUT2D eigenvalue weighted by Gasteiger charge is -2.03. The molecule has 13 heavy (non-hydrogen) atoms. The Labute approximate surface area is 75.9 Å². The lowest BCUT2D eigenvalue weighted by Crippen LogP contribution is -2.39. The summed E-state index contributed by atoms with van der Waals surface area (Å²) in [5, 5.41) is 4.73. The van der Waals surface area contributed by atoms with Gasteiger partial charge in [-0.25, -0.2) is 0 Å². The highest BCUT2D eigenvalue weighted by molar-refractivity contribution is 5.85. The third kappa shape index (κ3) is 6.95. The van der Waals surface area contributed by atoms with Crippen molar-refractivity contribution in [1.82, 2.24) is 10.6 Å². The molecule has 0 radical (unpaired) electrons. The van der Waals surface area contributed by atoms with Crippen LogP contribution in [0.2, 0.25) is 0 Å². The van der Waals surface area contributed by atoms with E-state index in [4.69, 9.17) is 5.73 Å². The van der Waals surface area contributed by atoms with Crippen LogP contribution in [0.1, 0.15) is 6.42 Å². The molecule has 0 aromatic carbocycles. The summed E-state index contributed by atoms with van der Waals surface area (Å²) in [7, 11) is 0. The number of rotatable bonds is 6. The average Bonchev–Trinajstić information content (AvgIpc) is 2.14. The number of hydrogen-bond acceptors (Lipinski definition) is 4. The first-order valence-corrected chi connectivity index (χ1v) is 3.87. The van der Waals surface area contributed by atoms with Crippen molar-refractivity contribution in [3.63, 3.8) is 0 Å². The summed E-state index contributed by atoms with van der Waals surface area (Å²) in [5.74, 6) is -0.714. The van der Waals surface area contributed by atoms with E-state index in [1.54, 1.807) is 0 Å². The van der Waals surface area contributed by atoms with E-state index >= 15 is 0 Å². The second-order valence-electron chi connectivity index (χ2n) is 2.29. The number of nitrogens with one attached hydrogen (secondary N) is 2. The Morgan fingerprint density at radius 2 is 1.92 bits per heavy atom. The van der Waals surface area contributed by atoms with Gasteiger partial charge in [0, 0.05) is 13.0 Å². The van der Waals surface area contributed by atoms with Crippen molar-refractivity contribution >= 4 is 18.1 Å². The lowest BCUT2D eigenvalue weighted by molar-refractivity contribution is -0.125. The molecule has 2 amide bonds. The van der Waals surface area contributed by atoms with Crippen LogP contribution in [0.5, 0.6) is 0 Å². The quantitative estimate of drug-likeness (QED) is 0.323. The standard InChI is InChI=1S/C7H13N3O3/c8-4-6(12)10-5-7(13)9-2-1-3-11/h3H,1-2,4-5,8H2,(H,9,13)(H,10,12). The van der Waals surface area contributed by atoms with Crippen LogP contribution in [-0.4, -0.2) is 37.7 Å². The molecule has 74 valence electrons. The molecule has 0 aromatic heterocycles. The molecule has 0 unspecified atom stereocenters. The predicted molar refractivity (Wildman–Crippen MR) is 45.8 cm³/mol. The summed E-state index contributed by atoms with van der Waals surface area (Å²) in [6.07, 6.45) is 0.981. The minimum atomic E-state index is -0.384. The summed E-state index contributed by atoms with van der Waals surface area (Å²) in [6, 6.07) is 0. The van der Waals surface area contributed by atoms with Crippen LogP contribution in [0, 0.1) is 0 Å². The fraction of sp³-hybridized carbons (Fsp3) is 0.571. The van der Waals surface area contributed by atoms with E-state index in [0.717, 1.165) is 0 Å². The first kappa shape index (κ1) is 11.6. The van der Waals surface area contributed by atoms with Gasteiger partial charge in [-0.2, -0.15) is 0 Å². The van der Waals surface area contributed by atoms with Crippen molar-refractivity contribution in [3.05, 3.63) is 0 Å². The highest BCUT2D eigenvalue weighted by Gasteiger charge is 2.01. The molecular weight excluding hydrogens is 174 g/mol. The van der Waals surface area contributed by atoms with Crippen LogP contribution >= 0.6 is 0 Å². The van der Waals surface area contributed by atoms with Crippen LogP contribution in [0.15, 0.2) is 0 Å². The zero-order valence-electron chi connectivity index (χ0n) is 7.21. The largest absolute Gasteiger partial charge is 0.354 e. The summed E-state index contributed by atoms with van der Waals surface area (Å²) in [4.78, 5) is 31.3. The van der Waals surface area contributed by atoms with Crippen molar-refractivity contribution in [2.45, 2.75) is 6.42 Å². The molecule has 0 fully saturated rings. The van der Waals surface area contributed by atoms with Gasteiger partial charge in [-0.1, -0.05) is 0 Å². The van der Waals surface area contributed by atoms with Crippen LogP contribution < -0.4 is 16.4 Å². The van der Waals surface area contributed by atoms with Gasteiger partial charge in [0.1, 0.15) is 6.29 Å². The number of hydrogen-bond donors (Lipinski definition) is 3. The molecular formula is C7H13N3O3. The predicted octanol–water partition coefficient (Wildman–Crippen LogP) is -2.23. The van der Waals surface area contributed by atoms with Gasteiger partial charge in [0.05, 0.1) is 13.1 Å². The molecule has 0 aliphatic carbocycles. The number of nitrogens with two attached hydrogens (primary N) is 1. The van der Waals surface area contributed by atoms with E-state index in [0.29, 0.717) is 12.8 Å². The average molecular weight is 187 g/mol. The van der Waals surface area contributed by atoms with Crippen LogP contribution in [0.3, 0.4) is 0 Å². The lowest BCUT2D eigenvalue weighted by atomic mass is 10.4. The molecule has 0 aromatic rings. The first-order valence-electron chi connectivity index (χ1n) is 3.87. The summed E-state index contributed by atoms with van der Waals surface area (Å²) < 4.78 is 0. The maximum Gasteiger partial charge on any atom is 0.239 e. The molecule has 0 heterocycles. The van der Waals surface area contributed by atoms with Gasteiger partial charge in [0.15, 0.2) is 0 Å². The van der Waals surface area contributed by atoms with Crippen molar-refractivity contribution in [1.29, 1.82) is 0 Å². The minimum absolute atomic E-state index is 0.102. The van der Waals surface area contributed by atoms with Crippen LogP contribution in [0.25, 0.3) is 0 Å². The molecule has 6 nitrogen and oxygen atoms in total. The monoisotopic (exact) mass is 187 g/mol. The number of carbonyl (C=O) groups excluding carboxylic acids is 3. The Kier molecular flexibility index (Phi) is 6.44. The Balaban J connectivity index is 3.40. The zero-order chi connectivity index (χ0) is 10.1. The summed E-state index contributed by atoms with van der Waals surface area (Å²) in [6.45, 7) is 0.0529. The number of amides is 2. The molecule has 4 N–H and O–H groups in total. The highest BCUT2D eigenvalue weighted by Crippen LogP contribution is 1.69. The summed E-state index contributed by atoms with van der Waals surface area (Å²) >= 11 is 0. The van der Waals surface area contributed by atoms with E-state index in [2.05, 4.69) is 10.6 Å². The topological polar surface area (TPSA) is 101 Å². The van der Waals surface area contributed by atoms with E-state index < -0.39 is 0 Å². The van der Waals surface area contributed by atoms with Gasteiger partial charge in [0.25, 0.3) is 0 Å². The Hall–Kier alpha value is -1.43.